The van der Waals surface area contributed by atoms with Crippen molar-refractivity contribution in [1.82, 2.24) is 20.0 Å². The molecule has 0 atom stereocenters. The fourth-order valence-corrected chi connectivity index (χ4v) is 3.31. The normalized spacial score (nSPS) is 13.8. The van der Waals surface area contributed by atoms with Crippen LogP contribution in [0.15, 0.2) is 58.3 Å². The Labute approximate surface area is 196 Å². The second kappa shape index (κ2) is 10.3. The van der Waals surface area contributed by atoms with Crippen molar-refractivity contribution < 1.29 is 4.74 Å². The molecule has 0 spiro atoms. The molecule has 0 aliphatic heterocycles. The zero-order valence-corrected chi connectivity index (χ0v) is 20.2. The summed E-state index contributed by atoms with van der Waals surface area (Å²) in [6, 6.07) is 12.1. The molecular formula is C21H25BrIN5O. The maximum atomic E-state index is 5.98. The predicted octanol–water partition coefficient (Wildman–Crippen LogP) is 4.37. The van der Waals surface area contributed by atoms with Crippen LogP contribution in [0.2, 0.25) is 0 Å². The van der Waals surface area contributed by atoms with Gasteiger partial charge in [0.1, 0.15) is 11.4 Å². The first-order valence-electron chi connectivity index (χ1n) is 9.49. The summed E-state index contributed by atoms with van der Waals surface area (Å²) in [6.45, 7) is 2.06. The van der Waals surface area contributed by atoms with Gasteiger partial charge >= 0.3 is 0 Å². The number of aliphatic imine (C=N–C) groups is 1. The van der Waals surface area contributed by atoms with E-state index in [9.17, 15) is 0 Å². The molecule has 1 aliphatic rings. The van der Waals surface area contributed by atoms with Crippen LogP contribution in [0.25, 0.3) is 5.65 Å². The van der Waals surface area contributed by atoms with Gasteiger partial charge in [-0.1, -0.05) is 18.2 Å². The molecule has 1 saturated carbocycles. The van der Waals surface area contributed by atoms with Crippen molar-refractivity contribution in [3.63, 3.8) is 0 Å². The maximum Gasteiger partial charge on any atom is 0.191 e. The molecule has 0 saturated heterocycles. The number of nitrogens with one attached hydrogen (secondary N) is 2. The average Bonchev–Trinajstić information content (AvgIpc) is 3.45. The molecule has 3 aromatic rings. The first kappa shape index (κ1) is 21.9. The van der Waals surface area contributed by atoms with Crippen LogP contribution in [-0.4, -0.2) is 29.0 Å². The van der Waals surface area contributed by atoms with E-state index in [1.807, 2.05) is 47.1 Å². The third-order valence-corrected chi connectivity index (χ3v) is 5.18. The van der Waals surface area contributed by atoms with Gasteiger partial charge in [-0.2, -0.15) is 0 Å². The molecule has 29 heavy (non-hydrogen) atoms. The summed E-state index contributed by atoms with van der Waals surface area (Å²) in [6.07, 6.45) is 6.59. The first-order valence-corrected chi connectivity index (χ1v) is 10.3. The number of benzene rings is 1. The second-order valence-corrected chi connectivity index (χ2v) is 7.90. The molecule has 2 N–H and O–H groups in total. The van der Waals surface area contributed by atoms with Gasteiger partial charge in [0.05, 0.1) is 18.8 Å². The van der Waals surface area contributed by atoms with Gasteiger partial charge in [0.2, 0.25) is 0 Å². The quantitative estimate of drug-likeness (QED) is 0.252. The SMILES string of the molecule is CN=C(NCc1cn2cc(Br)ccc2n1)NCc1ccccc1OCC1CC1.I. The largest absolute Gasteiger partial charge is 0.493 e. The highest BCUT2D eigenvalue weighted by Gasteiger charge is 2.22. The zero-order chi connectivity index (χ0) is 19.3. The van der Waals surface area contributed by atoms with E-state index in [0.717, 1.165) is 45.6 Å². The number of imidazole rings is 1. The van der Waals surface area contributed by atoms with Crippen molar-refractivity contribution in [1.29, 1.82) is 0 Å². The lowest BCUT2D eigenvalue weighted by Crippen LogP contribution is -2.36. The number of hydrogen-bond donors (Lipinski definition) is 2. The molecule has 1 aliphatic carbocycles. The van der Waals surface area contributed by atoms with Crippen molar-refractivity contribution in [2.24, 2.45) is 10.9 Å². The van der Waals surface area contributed by atoms with Crippen molar-refractivity contribution in [2.45, 2.75) is 25.9 Å². The van der Waals surface area contributed by atoms with Crippen molar-refractivity contribution in [2.75, 3.05) is 13.7 Å². The number of pyridine rings is 1. The number of ether oxygens (including phenoxy) is 1. The Morgan fingerprint density at radius 2 is 1.97 bits per heavy atom. The van der Waals surface area contributed by atoms with E-state index in [-0.39, 0.29) is 24.0 Å². The highest BCUT2D eigenvalue weighted by Crippen LogP contribution is 2.30. The summed E-state index contributed by atoms with van der Waals surface area (Å²) >= 11 is 3.48. The van der Waals surface area contributed by atoms with Crippen LogP contribution in [0, 0.1) is 5.92 Å². The summed E-state index contributed by atoms with van der Waals surface area (Å²) in [5.74, 6) is 2.42. The summed E-state index contributed by atoms with van der Waals surface area (Å²) in [4.78, 5) is 8.93. The van der Waals surface area contributed by atoms with Gasteiger partial charge in [-0.15, -0.1) is 24.0 Å². The Bertz CT molecular complexity index is 986. The van der Waals surface area contributed by atoms with Crippen LogP contribution in [0.5, 0.6) is 5.75 Å². The number of nitrogens with zero attached hydrogens (tertiary/aromatic N) is 3. The third-order valence-electron chi connectivity index (χ3n) is 4.72. The highest BCUT2D eigenvalue weighted by atomic mass is 127. The fourth-order valence-electron chi connectivity index (χ4n) is 2.96. The second-order valence-electron chi connectivity index (χ2n) is 6.99. The van der Waals surface area contributed by atoms with Crippen molar-refractivity contribution >= 4 is 51.5 Å². The molecule has 0 amide bonds. The molecule has 8 heteroatoms. The van der Waals surface area contributed by atoms with E-state index in [4.69, 9.17) is 4.74 Å². The van der Waals surface area contributed by atoms with Crippen LogP contribution in [-0.2, 0) is 13.1 Å². The molecule has 154 valence electrons. The molecule has 6 nitrogen and oxygen atoms in total. The predicted molar refractivity (Wildman–Crippen MR) is 130 cm³/mol. The van der Waals surface area contributed by atoms with Crippen LogP contribution in [0.1, 0.15) is 24.1 Å². The molecule has 0 radical (unpaired) electrons. The number of guanidine groups is 1. The number of para-hydroxylation sites is 1. The van der Waals surface area contributed by atoms with E-state index in [1.165, 1.54) is 12.8 Å². The van der Waals surface area contributed by atoms with Gasteiger partial charge in [0.15, 0.2) is 5.96 Å². The molecule has 0 bridgehead atoms. The van der Waals surface area contributed by atoms with Gasteiger partial charge in [0.25, 0.3) is 0 Å². The van der Waals surface area contributed by atoms with E-state index >= 15 is 0 Å². The smallest absolute Gasteiger partial charge is 0.191 e. The van der Waals surface area contributed by atoms with Gasteiger partial charge in [-0.3, -0.25) is 4.99 Å². The number of rotatable bonds is 7. The highest BCUT2D eigenvalue weighted by molar-refractivity contribution is 14.0. The molecule has 0 unspecified atom stereocenters. The maximum absolute atomic E-state index is 5.98. The minimum Gasteiger partial charge on any atom is -0.493 e. The summed E-state index contributed by atoms with van der Waals surface area (Å²) in [5.41, 5.74) is 3.00. The summed E-state index contributed by atoms with van der Waals surface area (Å²) in [5, 5.41) is 6.68. The lowest BCUT2D eigenvalue weighted by atomic mass is 10.2. The van der Waals surface area contributed by atoms with Gasteiger partial charge in [-0.25, -0.2) is 4.98 Å². The van der Waals surface area contributed by atoms with Crippen LogP contribution in [0.3, 0.4) is 0 Å². The molecule has 1 aromatic carbocycles. The topological polar surface area (TPSA) is 63.0 Å². The summed E-state index contributed by atoms with van der Waals surface area (Å²) in [7, 11) is 1.77. The van der Waals surface area contributed by atoms with Crippen LogP contribution < -0.4 is 15.4 Å². The van der Waals surface area contributed by atoms with E-state index in [0.29, 0.717) is 13.1 Å². The van der Waals surface area contributed by atoms with E-state index in [2.05, 4.69) is 42.6 Å². The van der Waals surface area contributed by atoms with Gasteiger partial charge < -0.3 is 19.8 Å². The minimum atomic E-state index is 0. The Kier molecular flexibility index (Phi) is 7.77. The van der Waals surface area contributed by atoms with Crippen LogP contribution in [0.4, 0.5) is 0 Å². The molecule has 2 heterocycles. The van der Waals surface area contributed by atoms with Crippen molar-refractivity contribution in [3.05, 3.63) is 64.5 Å². The van der Waals surface area contributed by atoms with Crippen LogP contribution >= 0.6 is 39.9 Å². The van der Waals surface area contributed by atoms with E-state index < -0.39 is 0 Å². The van der Waals surface area contributed by atoms with E-state index in [1.54, 1.807) is 7.05 Å². The molecule has 4 rings (SSSR count). The lowest BCUT2D eigenvalue weighted by Gasteiger charge is -2.14. The average molecular weight is 570 g/mol. The fraction of sp³-hybridized carbons (Fsp3) is 0.333. The monoisotopic (exact) mass is 569 g/mol. The van der Waals surface area contributed by atoms with Crippen molar-refractivity contribution in [3.8, 4) is 5.75 Å². The molecule has 2 aromatic heterocycles. The van der Waals surface area contributed by atoms with Gasteiger partial charge in [-0.05, 0) is 52.9 Å². The Morgan fingerprint density at radius 1 is 1.17 bits per heavy atom. The number of halogens is 2. The minimum absolute atomic E-state index is 0. The lowest BCUT2D eigenvalue weighted by molar-refractivity contribution is 0.296. The molecular weight excluding hydrogens is 545 g/mol. The number of hydrogen-bond acceptors (Lipinski definition) is 3. The zero-order valence-electron chi connectivity index (χ0n) is 16.3. The number of aromatic nitrogens is 2. The van der Waals surface area contributed by atoms with Gasteiger partial charge in [0, 0.05) is 36.0 Å². The number of fused-ring (bicyclic) bond motifs is 1. The first-order chi connectivity index (χ1) is 13.7. The Balaban J connectivity index is 0.00000240. The Hall–Kier alpha value is -1.81. The standard InChI is InChI=1S/C21H24BrN5O.HI/c1-23-21(25-11-18-13-27-12-17(22)8-9-20(27)26-18)24-10-16-4-2-3-5-19(16)28-14-15-6-7-15;/h2-5,8-9,12-13,15H,6-7,10-11,14H2,1H3,(H2,23,24,25);1H. The Morgan fingerprint density at radius 3 is 2.76 bits per heavy atom. The summed E-state index contributed by atoms with van der Waals surface area (Å²) < 4.78 is 9.01. The third kappa shape index (κ3) is 6.08. The molecule has 1 fully saturated rings.